The second-order valence-corrected chi connectivity index (χ2v) is 4.82. The second-order valence-electron chi connectivity index (χ2n) is 4.82. The van der Waals surface area contributed by atoms with Crippen LogP contribution >= 0.6 is 0 Å². The Bertz CT molecular complexity index is 805. The monoisotopic (exact) mass is 343 g/mol. The quantitative estimate of drug-likeness (QED) is 0.473. The van der Waals surface area contributed by atoms with Gasteiger partial charge in [0.2, 0.25) is 0 Å². The van der Waals surface area contributed by atoms with Crippen molar-refractivity contribution >= 4 is 17.8 Å². The van der Waals surface area contributed by atoms with Crippen LogP contribution in [0.2, 0.25) is 0 Å². The first-order valence-electron chi connectivity index (χ1n) is 7.44. The Morgan fingerprint density at radius 1 is 1.28 bits per heavy atom. The van der Waals surface area contributed by atoms with E-state index in [-0.39, 0.29) is 11.3 Å². The number of para-hydroxylation sites is 1. The molecule has 0 aliphatic carbocycles. The summed E-state index contributed by atoms with van der Waals surface area (Å²) in [7, 11) is 1.52. The Kier molecular flexibility index (Phi) is 6.05. The molecule has 2 aromatic carbocycles. The fraction of sp³-hybridized carbons (Fsp3) is 0.176. The number of nitrogens with one attached hydrogen (secondary N) is 1. The van der Waals surface area contributed by atoms with Crippen LogP contribution in [0, 0.1) is 10.1 Å². The summed E-state index contributed by atoms with van der Waals surface area (Å²) in [6.45, 7) is 2.38. The van der Waals surface area contributed by atoms with Gasteiger partial charge in [-0.2, -0.15) is 5.10 Å². The van der Waals surface area contributed by atoms with Crippen LogP contribution in [0.1, 0.15) is 22.8 Å². The van der Waals surface area contributed by atoms with E-state index in [2.05, 4.69) is 10.5 Å². The summed E-state index contributed by atoms with van der Waals surface area (Å²) in [5.74, 6) is 0.475. The molecule has 2 aromatic rings. The number of nitrogens with zero attached hydrogens (tertiary/aromatic N) is 2. The van der Waals surface area contributed by atoms with E-state index < -0.39 is 10.8 Å². The highest BCUT2D eigenvalue weighted by atomic mass is 16.6. The summed E-state index contributed by atoms with van der Waals surface area (Å²) in [6.07, 6.45) is 1.41. The highest BCUT2D eigenvalue weighted by Gasteiger charge is 2.18. The molecule has 0 radical (unpaired) electrons. The number of methoxy groups -OCH3 is 1. The van der Waals surface area contributed by atoms with Crippen molar-refractivity contribution in [1.29, 1.82) is 0 Å². The van der Waals surface area contributed by atoms with Crippen molar-refractivity contribution < 1.29 is 19.2 Å². The van der Waals surface area contributed by atoms with Crippen LogP contribution in [0.3, 0.4) is 0 Å². The minimum atomic E-state index is -0.665. The molecule has 0 aromatic heterocycles. The lowest BCUT2D eigenvalue weighted by Crippen LogP contribution is -2.18. The predicted molar refractivity (Wildman–Crippen MR) is 92.3 cm³/mol. The Morgan fingerprint density at radius 3 is 2.72 bits per heavy atom. The van der Waals surface area contributed by atoms with E-state index in [1.54, 1.807) is 24.3 Å². The lowest BCUT2D eigenvalue weighted by atomic mass is 10.2. The van der Waals surface area contributed by atoms with Crippen LogP contribution < -0.4 is 14.9 Å². The summed E-state index contributed by atoms with van der Waals surface area (Å²) in [4.78, 5) is 22.4. The molecule has 1 N–H and O–H groups in total. The van der Waals surface area contributed by atoms with Gasteiger partial charge >= 0.3 is 0 Å². The number of hydrogen-bond donors (Lipinski definition) is 1. The van der Waals surface area contributed by atoms with Crippen molar-refractivity contribution in [3.63, 3.8) is 0 Å². The number of carbonyl (C=O) groups is 1. The van der Waals surface area contributed by atoms with Gasteiger partial charge in [-0.1, -0.05) is 12.1 Å². The molecule has 0 aliphatic heterocycles. The molecule has 0 aliphatic rings. The minimum absolute atomic E-state index is 0.0612. The standard InChI is InChI=1S/C17H17N3O5/c1-3-25-15-9-8-12(10-16(15)24-2)11-18-19-17(21)13-6-4-5-7-14(13)20(22)23/h4-11H,3H2,1-2H3,(H,19,21)/b18-11-. The SMILES string of the molecule is CCOc1ccc(/C=N\NC(=O)c2ccccc2[N+](=O)[O-])cc1OC. The van der Waals surface area contributed by atoms with Crippen LogP contribution in [-0.4, -0.2) is 30.8 Å². The molecule has 0 spiro atoms. The lowest BCUT2D eigenvalue weighted by Gasteiger charge is -2.09. The Balaban J connectivity index is 2.11. The minimum Gasteiger partial charge on any atom is -0.493 e. The van der Waals surface area contributed by atoms with Gasteiger partial charge in [-0.15, -0.1) is 0 Å². The zero-order valence-corrected chi connectivity index (χ0v) is 13.8. The predicted octanol–water partition coefficient (Wildman–Crippen LogP) is 2.77. The summed E-state index contributed by atoms with van der Waals surface area (Å²) in [5, 5.41) is 14.8. The fourth-order valence-electron chi connectivity index (χ4n) is 2.09. The average Bonchev–Trinajstić information content (AvgIpc) is 2.62. The number of benzene rings is 2. The normalized spacial score (nSPS) is 10.5. The molecule has 0 fully saturated rings. The molecule has 0 saturated carbocycles. The number of nitro benzene ring substituents is 1. The van der Waals surface area contributed by atoms with E-state index in [9.17, 15) is 14.9 Å². The van der Waals surface area contributed by atoms with Crippen LogP contribution in [-0.2, 0) is 0 Å². The van der Waals surface area contributed by atoms with Gasteiger partial charge in [0, 0.05) is 6.07 Å². The van der Waals surface area contributed by atoms with Gasteiger partial charge < -0.3 is 9.47 Å². The van der Waals surface area contributed by atoms with Gasteiger partial charge in [0.15, 0.2) is 11.5 Å². The molecule has 0 unspecified atom stereocenters. The van der Waals surface area contributed by atoms with Crippen LogP contribution in [0.5, 0.6) is 11.5 Å². The molecule has 0 atom stereocenters. The molecular formula is C17H17N3O5. The molecule has 0 heterocycles. The van der Waals surface area contributed by atoms with E-state index in [0.717, 1.165) is 0 Å². The topological polar surface area (TPSA) is 103 Å². The first-order valence-corrected chi connectivity index (χ1v) is 7.44. The van der Waals surface area contributed by atoms with Gasteiger partial charge in [0.05, 0.1) is 24.9 Å². The Morgan fingerprint density at radius 2 is 2.04 bits per heavy atom. The van der Waals surface area contributed by atoms with Crippen LogP contribution in [0.25, 0.3) is 0 Å². The zero-order chi connectivity index (χ0) is 18.2. The average molecular weight is 343 g/mol. The maximum Gasteiger partial charge on any atom is 0.282 e. The summed E-state index contributed by atoms with van der Waals surface area (Å²) in [5.41, 5.74) is 2.60. The molecule has 0 saturated heterocycles. The van der Waals surface area contributed by atoms with E-state index in [4.69, 9.17) is 9.47 Å². The zero-order valence-electron chi connectivity index (χ0n) is 13.8. The van der Waals surface area contributed by atoms with Gasteiger partial charge in [0.1, 0.15) is 5.56 Å². The molecule has 2 rings (SSSR count). The first-order chi connectivity index (χ1) is 12.1. The fourth-order valence-corrected chi connectivity index (χ4v) is 2.09. The number of nitro groups is 1. The number of rotatable bonds is 7. The van der Waals surface area contributed by atoms with Crippen molar-refractivity contribution in [3.8, 4) is 11.5 Å². The maximum absolute atomic E-state index is 12.0. The van der Waals surface area contributed by atoms with E-state index in [1.807, 2.05) is 6.92 Å². The smallest absolute Gasteiger partial charge is 0.282 e. The van der Waals surface area contributed by atoms with Crippen molar-refractivity contribution in [3.05, 3.63) is 63.7 Å². The third-order valence-electron chi connectivity index (χ3n) is 3.21. The highest BCUT2D eigenvalue weighted by Crippen LogP contribution is 2.27. The van der Waals surface area contributed by atoms with Gasteiger partial charge in [-0.3, -0.25) is 14.9 Å². The first kappa shape index (κ1) is 17.9. The molecule has 8 heteroatoms. The summed E-state index contributed by atoms with van der Waals surface area (Å²) >= 11 is 0. The van der Waals surface area contributed by atoms with Crippen molar-refractivity contribution in [2.75, 3.05) is 13.7 Å². The number of hydrogen-bond acceptors (Lipinski definition) is 6. The van der Waals surface area contributed by atoms with Crippen LogP contribution in [0.15, 0.2) is 47.6 Å². The van der Waals surface area contributed by atoms with E-state index >= 15 is 0 Å². The molecule has 1 amide bonds. The van der Waals surface area contributed by atoms with Crippen molar-refractivity contribution in [1.82, 2.24) is 5.43 Å². The van der Waals surface area contributed by atoms with E-state index in [0.29, 0.717) is 23.7 Å². The van der Waals surface area contributed by atoms with Gasteiger partial charge in [-0.05, 0) is 36.8 Å². The molecule has 25 heavy (non-hydrogen) atoms. The molecule has 130 valence electrons. The molecule has 0 bridgehead atoms. The van der Waals surface area contributed by atoms with Gasteiger partial charge in [-0.25, -0.2) is 5.43 Å². The largest absolute Gasteiger partial charge is 0.493 e. The highest BCUT2D eigenvalue weighted by molar-refractivity contribution is 5.98. The van der Waals surface area contributed by atoms with E-state index in [1.165, 1.54) is 31.5 Å². The third-order valence-corrected chi connectivity index (χ3v) is 3.21. The summed E-state index contributed by atoms with van der Waals surface area (Å²) in [6, 6.07) is 10.8. The van der Waals surface area contributed by atoms with Crippen molar-refractivity contribution in [2.24, 2.45) is 5.10 Å². The molecule has 8 nitrogen and oxygen atoms in total. The maximum atomic E-state index is 12.0. The lowest BCUT2D eigenvalue weighted by molar-refractivity contribution is -0.385. The van der Waals surface area contributed by atoms with Crippen molar-refractivity contribution in [2.45, 2.75) is 6.92 Å². The Labute approximate surface area is 144 Å². The summed E-state index contributed by atoms with van der Waals surface area (Å²) < 4.78 is 10.6. The number of hydrazone groups is 1. The third kappa shape index (κ3) is 4.54. The number of amides is 1. The second kappa shape index (κ2) is 8.44. The van der Waals surface area contributed by atoms with Gasteiger partial charge in [0.25, 0.3) is 11.6 Å². The van der Waals surface area contributed by atoms with Crippen LogP contribution in [0.4, 0.5) is 5.69 Å². The Hall–Kier alpha value is -3.42. The number of carbonyl (C=O) groups excluding carboxylic acids is 1. The number of ether oxygens (including phenoxy) is 2. The molecular weight excluding hydrogens is 326 g/mol.